The van der Waals surface area contributed by atoms with Gasteiger partial charge in [-0.15, -0.1) is 0 Å². The highest BCUT2D eigenvalue weighted by Gasteiger charge is 2.11. The molecule has 0 amide bonds. The number of hydrogen-bond acceptors (Lipinski definition) is 3. The number of nitrogens with one attached hydrogen (secondary N) is 1. The number of benzene rings is 1. The Morgan fingerprint density at radius 3 is 2.43 bits per heavy atom. The van der Waals surface area contributed by atoms with E-state index in [0.29, 0.717) is 12.0 Å². The maximum atomic E-state index is 9.08. The summed E-state index contributed by atoms with van der Waals surface area (Å²) >= 11 is 0. The van der Waals surface area contributed by atoms with Gasteiger partial charge in [0.15, 0.2) is 0 Å². The summed E-state index contributed by atoms with van der Waals surface area (Å²) < 4.78 is 5.71. The predicted molar refractivity (Wildman–Crippen MR) is 88.6 cm³/mol. The van der Waals surface area contributed by atoms with Crippen molar-refractivity contribution in [3.05, 3.63) is 29.8 Å². The first-order valence-electron chi connectivity index (χ1n) is 8.23. The summed E-state index contributed by atoms with van der Waals surface area (Å²) in [6.07, 6.45) is 4.37. The molecule has 0 bridgehead atoms. The predicted octanol–water partition coefficient (Wildman–Crippen LogP) is 3.75. The van der Waals surface area contributed by atoms with Gasteiger partial charge < -0.3 is 15.2 Å². The molecule has 1 unspecified atom stereocenters. The molecule has 0 saturated heterocycles. The second kappa shape index (κ2) is 10.6. The van der Waals surface area contributed by atoms with E-state index in [1.807, 2.05) is 12.1 Å². The van der Waals surface area contributed by atoms with Crippen molar-refractivity contribution in [3.8, 4) is 5.75 Å². The zero-order valence-electron chi connectivity index (χ0n) is 13.8. The topological polar surface area (TPSA) is 41.5 Å². The summed E-state index contributed by atoms with van der Waals surface area (Å²) in [5.74, 6) is 1.48. The summed E-state index contributed by atoms with van der Waals surface area (Å²) in [5.41, 5.74) is 1.25. The number of unbranched alkanes of at least 4 members (excludes halogenated alkanes) is 2. The third-order valence-electron chi connectivity index (χ3n) is 3.75. The number of hydrogen-bond donors (Lipinski definition) is 2. The summed E-state index contributed by atoms with van der Waals surface area (Å²) in [5, 5.41) is 12.6. The molecule has 0 aliphatic carbocycles. The van der Waals surface area contributed by atoms with Crippen molar-refractivity contribution in [2.24, 2.45) is 5.92 Å². The van der Waals surface area contributed by atoms with E-state index in [2.05, 4.69) is 38.2 Å². The number of ether oxygens (including phenoxy) is 1. The standard InChI is InChI=1S/C18H31NO2/c1-4-5-6-13-21-17-9-7-16(8-10-17)14-19-18(11-12-20)15(2)3/h7-10,15,18-20H,4-6,11-14H2,1-3H3. The molecule has 1 aromatic rings. The smallest absolute Gasteiger partial charge is 0.119 e. The zero-order chi connectivity index (χ0) is 15.5. The van der Waals surface area contributed by atoms with Gasteiger partial charge in [-0.25, -0.2) is 0 Å². The molecule has 2 N–H and O–H groups in total. The molecular formula is C18H31NO2. The van der Waals surface area contributed by atoms with E-state index < -0.39 is 0 Å². The summed E-state index contributed by atoms with van der Waals surface area (Å²) in [4.78, 5) is 0. The number of aliphatic hydroxyl groups is 1. The lowest BCUT2D eigenvalue weighted by atomic mass is 10.0. The monoisotopic (exact) mass is 293 g/mol. The molecule has 3 heteroatoms. The van der Waals surface area contributed by atoms with Crippen LogP contribution in [0.15, 0.2) is 24.3 Å². The van der Waals surface area contributed by atoms with Gasteiger partial charge in [-0.1, -0.05) is 45.7 Å². The molecule has 21 heavy (non-hydrogen) atoms. The quantitative estimate of drug-likeness (QED) is 0.611. The summed E-state index contributed by atoms with van der Waals surface area (Å²) in [7, 11) is 0. The van der Waals surface area contributed by atoms with E-state index in [1.54, 1.807) is 0 Å². The second-order valence-corrected chi connectivity index (χ2v) is 5.94. The van der Waals surface area contributed by atoms with E-state index in [0.717, 1.165) is 31.7 Å². The van der Waals surface area contributed by atoms with Crippen LogP contribution >= 0.6 is 0 Å². The lowest BCUT2D eigenvalue weighted by molar-refractivity contribution is 0.244. The van der Waals surface area contributed by atoms with Gasteiger partial charge in [0.05, 0.1) is 6.61 Å². The number of rotatable bonds is 11. The van der Waals surface area contributed by atoms with Crippen molar-refractivity contribution >= 4 is 0 Å². The fraction of sp³-hybridized carbons (Fsp3) is 0.667. The Kier molecular flexibility index (Phi) is 9.11. The van der Waals surface area contributed by atoms with Crippen LogP contribution in [0, 0.1) is 5.92 Å². The van der Waals surface area contributed by atoms with E-state index in [1.165, 1.54) is 18.4 Å². The molecule has 1 rings (SSSR count). The normalized spacial score (nSPS) is 12.6. The second-order valence-electron chi connectivity index (χ2n) is 5.94. The molecule has 0 aliphatic heterocycles. The van der Waals surface area contributed by atoms with Crippen molar-refractivity contribution < 1.29 is 9.84 Å². The summed E-state index contributed by atoms with van der Waals surface area (Å²) in [6, 6.07) is 8.66. The van der Waals surface area contributed by atoms with Crippen molar-refractivity contribution in [2.75, 3.05) is 13.2 Å². The maximum absolute atomic E-state index is 9.08. The third kappa shape index (κ3) is 7.49. The highest BCUT2D eigenvalue weighted by atomic mass is 16.5. The SMILES string of the molecule is CCCCCOc1ccc(CNC(CCO)C(C)C)cc1. The van der Waals surface area contributed by atoms with Gasteiger partial charge in [0.2, 0.25) is 0 Å². The van der Waals surface area contributed by atoms with Gasteiger partial charge in [0.1, 0.15) is 5.75 Å². The molecule has 3 nitrogen and oxygen atoms in total. The van der Waals surface area contributed by atoms with Gasteiger partial charge in [-0.05, 0) is 36.5 Å². The maximum Gasteiger partial charge on any atom is 0.119 e. The van der Waals surface area contributed by atoms with Crippen LogP contribution in [0.3, 0.4) is 0 Å². The minimum Gasteiger partial charge on any atom is -0.494 e. The Hall–Kier alpha value is -1.06. The first kappa shape index (κ1) is 18.0. The molecule has 0 fully saturated rings. The van der Waals surface area contributed by atoms with Gasteiger partial charge in [0, 0.05) is 19.2 Å². The molecule has 0 aliphatic rings. The van der Waals surface area contributed by atoms with Crippen LogP contribution < -0.4 is 10.1 Å². The molecular weight excluding hydrogens is 262 g/mol. The molecule has 0 radical (unpaired) electrons. The Labute approximate surface area is 129 Å². The average Bonchev–Trinajstić information content (AvgIpc) is 2.49. The van der Waals surface area contributed by atoms with E-state index >= 15 is 0 Å². The van der Waals surface area contributed by atoms with E-state index in [-0.39, 0.29) is 6.61 Å². The first-order chi connectivity index (χ1) is 10.2. The van der Waals surface area contributed by atoms with Crippen LogP contribution in [0.1, 0.15) is 52.0 Å². The molecule has 0 saturated carbocycles. The Bertz CT molecular complexity index is 362. The fourth-order valence-corrected chi connectivity index (χ4v) is 2.30. The molecule has 1 atom stereocenters. The third-order valence-corrected chi connectivity index (χ3v) is 3.75. The van der Waals surface area contributed by atoms with Gasteiger partial charge in [-0.3, -0.25) is 0 Å². The number of aliphatic hydroxyl groups excluding tert-OH is 1. The average molecular weight is 293 g/mol. The largest absolute Gasteiger partial charge is 0.494 e. The Morgan fingerprint density at radius 2 is 1.86 bits per heavy atom. The summed E-state index contributed by atoms with van der Waals surface area (Å²) in [6.45, 7) is 8.43. The highest BCUT2D eigenvalue weighted by Crippen LogP contribution is 2.14. The van der Waals surface area contributed by atoms with Crippen molar-refractivity contribution in [3.63, 3.8) is 0 Å². The minimum atomic E-state index is 0.236. The van der Waals surface area contributed by atoms with Gasteiger partial charge in [0.25, 0.3) is 0 Å². The van der Waals surface area contributed by atoms with Gasteiger partial charge >= 0.3 is 0 Å². The highest BCUT2D eigenvalue weighted by molar-refractivity contribution is 5.27. The molecule has 0 spiro atoms. The Balaban J connectivity index is 2.36. The van der Waals surface area contributed by atoms with Crippen molar-refractivity contribution in [2.45, 2.75) is 59.0 Å². The van der Waals surface area contributed by atoms with Crippen LogP contribution in [-0.4, -0.2) is 24.4 Å². The molecule has 0 heterocycles. The Morgan fingerprint density at radius 1 is 1.14 bits per heavy atom. The molecule has 120 valence electrons. The lowest BCUT2D eigenvalue weighted by Gasteiger charge is -2.21. The van der Waals surface area contributed by atoms with Crippen molar-refractivity contribution in [1.29, 1.82) is 0 Å². The fourth-order valence-electron chi connectivity index (χ4n) is 2.30. The van der Waals surface area contributed by atoms with Crippen LogP contribution in [0.5, 0.6) is 5.75 Å². The van der Waals surface area contributed by atoms with Crippen LogP contribution in [0.25, 0.3) is 0 Å². The van der Waals surface area contributed by atoms with Crippen LogP contribution in [0.4, 0.5) is 0 Å². The first-order valence-corrected chi connectivity index (χ1v) is 8.23. The lowest BCUT2D eigenvalue weighted by Crippen LogP contribution is -2.34. The van der Waals surface area contributed by atoms with Gasteiger partial charge in [-0.2, -0.15) is 0 Å². The zero-order valence-corrected chi connectivity index (χ0v) is 13.8. The molecule has 0 aromatic heterocycles. The van der Waals surface area contributed by atoms with Crippen LogP contribution in [0.2, 0.25) is 0 Å². The van der Waals surface area contributed by atoms with E-state index in [4.69, 9.17) is 9.84 Å². The molecule has 1 aromatic carbocycles. The minimum absolute atomic E-state index is 0.236. The van der Waals surface area contributed by atoms with Crippen LogP contribution in [-0.2, 0) is 6.54 Å². The van der Waals surface area contributed by atoms with Crippen molar-refractivity contribution in [1.82, 2.24) is 5.32 Å². The van der Waals surface area contributed by atoms with E-state index in [9.17, 15) is 0 Å².